The lowest BCUT2D eigenvalue weighted by Crippen LogP contribution is -2.15. The van der Waals surface area contributed by atoms with Gasteiger partial charge in [-0.1, -0.05) is 42.1 Å². The molecule has 0 aliphatic heterocycles. The minimum atomic E-state index is -4.45. The van der Waals surface area contributed by atoms with Crippen LogP contribution in [0.25, 0.3) is 0 Å². The fourth-order valence-electron chi connectivity index (χ4n) is 2.60. The number of halogens is 3. The topological polar surface area (TPSA) is 69.0 Å². The second-order valence-corrected chi connectivity index (χ2v) is 7.26. The zero-order chi connectivity index (χ0) is 22.3. The summed E-state index contributed by atoms with van der Waals surface area (Å²) in [6.07, 6.45) is -2.82. The number of benzene rings is 2. The van der Waals surface area contributed by atoms with E-state index >= 15 is 0 Å². The number of ether oxygens (including phenoxy) is 1. The van der Waals surface area contributed by atoms with Crippen LogP contribution in [-0.2, 0) is 24.1 Å². The number of para-hydroxylation sites is 1. The van der Waals surface area contributed by atoms with Crippen molar-refractivity contribution in [2.24, 2.45) is 0 Å². The van der Waals surface area contributed by atoms with Crippen LogP contribution in [0.2, 0.25) is 0 Å². The highest BCUT2D eigenvalue weighted by Gasteiger charge is 2.30. The Morgan fingerprint density at radius 2 is 1.94 bits per heavy atom. The van der Waals surface area contributed by atoms with E-state index < -0.39 is 11.7 Å². The molecule has 0 saturated heterocycles. The van der Waals surface area contributed by atoms with Crippen molar-refractivity contribution in [3.63, 3.8) is 0 Å². The van der Waals surface area contributed by atoms with Crippen LogP contribution in [0.3, 0.4) is 0 Å². The SMILES string of the molecule is C=CCn1c(COc2cccc(C(F)(F)F)c2)nnc1SCC(=O)Nc1ccccc1. The summed E-state index contributed by atoms with van der Waals surface area (Å²) in [5, 5.41) is 11.4. The van der Waals surface area contributed by atoms with E-state index in [9.17, 15) is 18.0 Å². The molecular formula is C21H19F3N4O2S. The molecule has 2 aromatic carbocycles. The second-order valence-electron chi connectivity index (χ2n) is 6.32. The number of carbonyl (C=O) groups excluding carboxylic acids is 1. The minimum absolute atomic E-state index is 0.0689. The largest absolute Gasteiger partial charge is 0.486 e. The van der Waals surface area contributed by atoms with Crippen LogP contribution < -0.4 is 10.1 Å². The van der Waals surface area contributed by atoms with Crippen LogP contribution in [0.5, 0.6) is 5.75 Å². The molecule has 31 heavy (non-hydrogen) atoms. The first-order valence-corrected chi connectivity index (χ1v) is 10.2. The Bertz CT molecular complexity index is 1040. The van der Waals surface area contributed by atoms with Gasteiger partial charge in [-0.15, -0.1) is 16.8 Å². The number of rotatable bonds is 9. The van der Waals surface area contributed by atoms with Crippen molar-refractivity contribution in [3.05, 3.63) is 78.6 Å². The first-order chi connectivity index (χ1) is 14.9. The summed E-state index contributed by atoms with van der Waals surface area (Å²) in [7, 11) is 0. The Morgan fingerprint density at radius 3 is 2.65 bits per heavy atom. The van der Waals surface area contributed by atoms with E-state index in [1.165, 1.54) is 23.9 Å². The van der Waals surface area contributed by atoms with Gasteiger partial charge in [0.05, 0.1) is 11.3 Å². The molecule has 1 amide bonds. The summed E-state index contributed by atoms with van der Waals surface area (Å²) in [4.78, 5) is 12.2. The molecule has 0 bridgehead atoms. The van der Waals surface area contributed by atoms with E-state index in [0.717, 1.165) is 12.1 Å². The smallest absolute Gasteiger partial charge is 0.416 e. The normalized spacial score (nSPS) is 11.2. The molecular weight excluding hydrogens is 429 g/mol. The summed E-state index contributed by atoms with van der Waals surface area (Å²) >= 11 is 1.19. The van der Waals surface area contributed by atoms with Gasteiger partial charge >= 0.3 is 6.18 Å². The maximum absolute atomic E-state index is 12.9. The van der Waals surface area contributed by atoms with Crippen molar-refractivity contribution in [2.45, 2.75) is 24.5 Å². The highest BCUT2D eigenvalue weighted by Crippen LogP contribution is 2.31. The molecule has 1 heterocycles. The average Bonchev–Trinajstić information content (AvgIpc) is 3.13. The van der Waals surface area contributed by atoms with Crippen molar-refractivity contribution in [1.82, 2.24) is 14.8 Å². The standard InChI is InChI=1S/C21H19F3N4O2S/c1-2-11-28-18(13-30-17-10-6-7-15(12-17)21(22,23)24)26-27-20(28)31-14-19(29)25-16-8-4-3-5-9-16/h2-10,12H,1,11,13-14H2,(H,25,29). The van der Waals surface area contributed by atoms with Gasteiger partial charge in [0.25, 0.3) is 0 Å². The molecule has 0 spiro atoms. The van der Waals surface area contributed by atoms with Gasteiger partial charge in [0, 0.05) is 12.2 Å². The number of carbonyl (C=O) groups is 1. The fourth-order valence-corrected chi connectivity index (χ4v) is 3.37. The van der Waals surface area contributed by atoms with Crippen molar-refractivity contribution in [1.29, 1.82) is 0 Å². The maximum atomic E-state index is 12.9. The number of amides is 1. The van der Waals surface area contributed by atoms with Gasteiger partial charge < -0.3 is 10.1 Å². The number of allylic oxidation sites excluding steroid dienone is 1. The van der Waals surface area contributed by atoms with Gasteiger partial charge in [0.2, 0.25) is 5.91 Å². The quantitative estimate of drug-likeness (QED) is 0.377. The lowest BCUT2D eigenvalue weighted by atomic mass is 10.2. The molecule has 0 radical (unpaired) electrons. The van der Waals surface area contributed by atoms with Gasteiger partial charge in [-0.3, -0.25) is 9.36 Å². The lowest BCUT2D eigenvalue weighted by molar-refractivity contribution is -0.137. The van der Waals surface area contributed by atoms with Crippen LogP contribution in [0.15, 0.2) is 72.4 Å². The van der Waals surface area contributed by atoms with E-state index in [0.29, 0.717) is 23.2 Å². The predicted octanol–water partition coefficient (Wildman–Crippen LogP) is 4.79. The van der Waals surface area contributed by atoms with E-state index in [1.807, 2.05) is 18.2 Å². The maximum Gasteiger partial charge on any atom is 0.416 e. The lowest BCUT2D eigenvalue weighted by Gasteiger charge is -2.11. The van der Waals surface area contributed by atoms with Crippen LogP contribution in [0.4, 0.5) is 18.9 Å². The first-order valence-electron chi connectivity index (χ1n) is 9.17. The number of nitrogens with zero attached hydrogens (tertiary/aromatic N) is 3. The highest BCUT2D eigenvalue weighted by atomic mass is 32.2. The van der Waals surface area contributed by atoms with Gasteiger partial charge in [-0.2, -0.15) is 13.2 Å². The molecule has 0 aliphatic carbocycles. The average molecular weight is 448 g/mol. The van der Waals surface area contributed by atoms with Crippen molar-refractivity contribution >= 4 is 23.4 Å². The van der Waals surface area contributed by atoms with Crippen molar-refractivity contribution in [2.75, 3.05) is 11.1 Å². The summed E-state index contributed by atoms with van der Waals surface area (Å²) < 4.78 is 45.8. The molecule has 10 heteroatoms. The molecule has 1 N–H and O–H groups in total. The van der Waals surface area contributed by atoms with Gasteiger partial charge in [-0.25, -0.2) is 0 Å². The van der Waals surface area contributed by atoms with Crippen molar-refractivity contribution < 1.29 is 22.7 Å². The molecule has 3 rings (SSSR count). The van der Waals surface area contributed by atoms with E-state index in [2.05, 4.69) is 22.1 Å². The van der Waals surface area contributed by atoms with Gasteiger partial charge in [0.1, 0.15) is 12.4 Å². The van der Waals surface area contributed by atoms with E-state index in [-0.39, 0.29) is 24.0 Å². The molecule has 0 fully saturated rings. The third-order valence-corrected chi connectivity index (χ3v) is 4.99. The van der Waals surface area contributed by atoms with Gasteiger partial charge in [0.15, 0.2) is 11.0 Å². The number of aromatic nitrogens is 3. The Morgan fingerprint density at radius 1 is 1.16 bits per heavy atom. The molecule has 1 aromatic heterocycles. The minimum Gasteiger partial charge on any atom is -0.486 e. The third kappa shape index (κ3) is 6.35. The Kier molecular flexibility index (Phi) is 7.35. The number of alkyl halides is 3. The molecule has 0 atom stereocenters. The molecule has 6 nitrogen and oxygen atoms in total. The monoisotopic (exact) mass is 448 g/mol. The third-order valence-electron chi connectivity index (χ3n) is 4.02. The molecule has 162 valence electrons. The van der Waals surface area contributed by atoms with Crippen molar-refractivity contribution in [3.8, 4) is 5.75 Å². The Balaban J connectivity index is 1.63. The predicted molar refractivity (Wildman–Crippen MR) is 112 cm³/mol. The summed E-state index contributed by atoms with van der Waals surface area (Å²) in [5.74, 6) is 0.382. The summed E-state index contributed by atoms with van der Waals surface area (Å²) in [6.45, 7) is 3.97. The summed E-state index contributed by atoms with van der Waals surface area (Å²) in [6, 6.07) is 13.7. The van der Waals surface area contributed by atoms with E-state index in [1.54, 1.807) is 22.8 Å². The summed E-state index contributed by atoms with van der Waals surface area (Å²) in [5.41, 5.74) is -0.103. The zero-order valence-corrected chi connectivity index (χ0v) is 17.1. The highest BCUT2D eigenvalue weighted by molar-refractivity contribution is 7.99. The Labute approximate surface area is 181 Å². The van der Waals surface area contributed by atoms with Gasteiger partial charge in [-0.05, 0) is 30.3 Å². The molecule has 3 aromatic rings. The van der Waals surface area contributed by atoms with E-state index in [4.69, 9.17) is 4.74 Å². The molecule has 0 saturated carbocycles. The number of anilines is 1. The van der Waals surface area contributed by atoms with Crippen LogP contribution in [-0.4, -0.2) is 26.4 Å². The second kappa shape index (κ2) is 10.2. The molecule has 0 aliphatic rings. The number of hydrogen-bond donors (Lipinski definition) is 1. The number of nitrogens with one attached hydrogen (secondary N) is 1. The van der Waals surface area contributed by atoms with Crippen LogP contribution >= 0.6 is 11.8 Å². The van der Waals surface area contributed by atoms with Crippen LogP contribution in [0.1, 0.15) is 11.4 Å². The van der Waals surface area contributed by atoms with Crippen LogP contribution in [0, 0.1) is 0 Å². The Hall–Kier alpha value is -3.27. The fraction of sp³-hybridized carbons (Fsp3) is 0.190. The number of thioether (sulfide) groups is 1. The molecule has 0 unspecified atom stereocenters. The number of hydrogen-bond acceptors (Lipinski definition) is 5. The first kappa shape index (κ1) is 22.4. The zero-order valence-electron chi connectivity index (χ0n) is 16.3.